The fraction of sp³-hybridized carbons (Fsp3) is 0.222. The molecule has 4 rings (SSSR count). The van der Waals surface area contributed by atoms with Gasteiger partial charge in [-0.25, -0.2) is 0 Å². The number of aromatic nitrogens is 4. The number of nitrogens with one attached hydrogen (secondary N) is 2. The second-order valence-corrected chi connectivity index (χ2v) is 6.64. The SMILES string of the molecule is COCc1nnc(-c2cccnc2)n1-c1c(Cl)c(C)cc2c1NC(O)C(=O)N2. The molecule has 1 unspecified atom stereocenters. The number of carbonyl (C=O) groups is 1. The lowest BCUT2D eigenvalue weighted by atomic mass is 10.1. The largest absolute Gasteiger partial charge is 0.377 e. The van der Waals surface area contributed by atoms with Crippen LogP contribution in [0, 0.1) is 6.92 Å². The van der Waals surface area contributed by atoms with Crippen LogP contribution in [0.5, 0.6) is 0 Å². The van der Waals surface area contributed by atoms with Crippen LogP contribution in [0.15, 0.2) is 30.6 Å². The van der Waals surface area contributed by atoms with Crippen LogP contribution in [0.3, 0.4) is 0 Å². The van der Waals surface area contributed by atoms with Gasteiger partial charge in [-0.05, 0) is 30.7 Å². The summed E-state index contributed by atoms with van der Waals surface area (Å²) in [6.07, 6.45) is 1.92. The van der Waals surface area contributed by atoms with E-state index < -0.39 is 12.1 Å². The number of nitrogens with zero attached hydrogens (tertiary/aromatic N) is 4. The predicted octanol–water partition coefficient (Wildman–Crippen LogP) is 2.12. The molecule has 0 aliphatic carbocycles. The third kappa shape index (κ3) is 2.99. The van der Waals surface area contributed by atoms with Crippen molar-refractivity contribution in [1.82, 2.24) is 19.7 Å². The molecule has 9 nitrogen and oxygen atoms in total. The number of methoxy groups -OCH3 is 1. The zero-order valence-corrected chi connectivity index (χ0v) is 15.9. The van der Waals surface area contributed by atoms with Gasteiger partial charge in [-0.15, -0.1) is 10.2 Å². The van der Waals surface area contributed by atoms with Crippen molar-refractivity contribution >= 4 is 28.9 Å². The first kappa shape index (κ1) is 18.4. The lowest BCUT2D eigenvalue weighted by Gasteiger charge is -2.28. The average molecular weight is 401 g/mol. The summed E-state index contributed by atoms with van der Waals surface area (Å²) in [6, 6.07) is 5.38. The van der Waals surface area contributed by atoms with Crippen LogP contribution in [0.25, 0.3) is 17.1 Å². The number of hydrogen-bond acceptors (Lipinski definition) is 7. The molecule has 1 aliphatic rings. The van der Waals surface area contributed by atoms with Gasteiger partial charge in [0.1, 0.15) is 6.61 Å². The Kier molecular flexibility index (Phi) is 4.71. The number of aliphatic hydroxyl groups is 1. The fourth-order valence-electron chi connectivity index (χ4n) is 3.09. The molecule has 0 fully saturated rings. The summed E-state index contributed by atoms with van der Waals surface area (Å²) in [7, 11) is 1.55. The lowest BCUT2D eigenvalue weighted by Crippen LogP contribution is -2.39. The first-order valence-corrected chi connectivity index (χ1v) is 8.81. The predicted molar refractivity (Wildman–Crippen MR) is 103 cm³/mol. The van der Waals surface area contributed by atoms with Crippen molar-refractivity contribution in [2.75, 3.05) is 17.7 Å². The van der Waals surface area contributed by atoms with Crippen LogP contribution in [0.2, 0.25) is 5.02 Å². The highest BCUT2D eigenvalue weighted by molar-refractivity contribution is 6.34. The van der Waals surface area contributed by atoms with Crippen molar-refractivity contribution in [2.45, 2.75) is 19.8 Å². The van der Waals surface area contributed by atoms with E-state index in [-0.39, 0.29) is 6.61 Å². The number of aryl methyl sites for hydroxylation is 1. The van der Waals surface area contributed by atoms with E-state index in [0.29, 0.717) is 33.7 Å². The van der Waals surface area contributed by atoms with Gasteiger partial charge in [0.25, 0.3) is 5.91 Å². The van der Waals surface area contributed by atoms with E-state index in [0.717, 1.165) is 11.1 Å². The molecule has 0 radical (unpaired) electrons. The number of benzene rings is 1. The topological polar surface area (TPSA) is 114 Å². The van der Waals surface area contributed by atoms with E-state index in [4.69, 9.17) is 16.3 Å². The molecule has 1 atom stereocenters. The molecule has 1 amide bonds. The Hall–Kier alpha value is -3.01. The van der Waals surface area contributed by atoms with Crippen molar-refractivity contribution < 1.29 is 14.6 Å². The minimum Gasteiger partial charge on any atom is -0.377 e. The van der Waals surface area contributed by atoms with Crippen LogP contribution in [0.1, 0.15) is 11.4 Å². The monoisotopic (exact) mass is 400 g/mol. The smallest absolute Gasteiger partial charge is 0.274 e. The average Bonchev–Trinajstić information content (AvgIpc) is 3.09. The highest BCUT2D eigenvalue weighted by Gasteiger charge is 2.30. The number of aliphatic hydroxyl groups excluding tert-OH is 1. The van der Waals surface area contributed by atoms with Crippen molar-refractivity contribution in [3.63, 3.8) is 0 Å². The zero-order chi connectivity index (χ0) is 19.8. The second-order valence-electron chi connectivity index (χ2n) is 6.26. The van der Waals surface area contributed by atoms with E-state index >= 15 is 0 Å². The molecular formula is C18H17ClN6O3. The summed E-state index contributed by atoms with van der Waals surface area (Å²) in [5.41, 5.74) is 2.94. The van der Waals surface area contributed by atoms with Crippen molar-refractivity contribution in [2.24, 2.45) is 0 Å². The lowest BCUT2D eigenvalue weighted by molar-refractivity contribution is -0.122. The molecule has 0 saturated heterocycles. The van der Waals surface area contributed by atoms with E-state index in [1.54, 1.807) is 36.2 Å². The van der Waals surface area contributed by atoms with Crippen LogP contribution in [0.4, 0.5) is 11.4 Å². The Morgan fingerprint density at radius 1 is 1.39 bits per heavy atom. The van der Waals surface area contributed by atoms with Gasteiger partial charge in [0.05, 0.1) is 22.1 Å². The third-order valence-corrected chi connectivity index (χ3v) is 4.83. The molecule has 3 N–H and O–H groups in total. The quantitative estimate of drug-likeness (QED) is 0.614. The van der Waals surface area contributed by atoms with Crippen LogP contribution in [-0.4, -0.2) is 44.1 Å². The molecule has 3 aromatic rings. The summed E-state index contributed by atoms with van der Waals surface area (Å²) < 4.78 is 7.01. The van der Waals surface area contributed by atoms with Crippen LogP contribution < -0.4 is 10.6 Å². The maximum absolute atomic E-state index is 11.9. The summed E-state index contributed by atoms with van der Waals surface area (Å²) in [5.74, 6) is 0.459. The highest BCUT2D eigenvalue weighted by atomic mass is 35.5. The van der Waals surface area contributed by atoms with Crippen LogP contribution >= 0.6 is 11.6 Å². The van der Waals surface area contributed by atoms with Gasteiger partial charge in [0, 0.05) is 25.1 Å². The van der Waals surface area contributed by atoms with Gasteiger partial charge in [-0.3, -0.25) is 14.3 Å². The Bertz CT molecular complexity index is 1050. The molecule has 0 bridgehead atoms. The number of fused-ring (bicyclic) bond motifs is 1. The Morgan fingerprint density at radius 3 is 2.93 bits per heavy atom. The molecule has 0 saturated carbocycles. The van der Waals surface area contributed by atoms with Gasteiger partial charge >= 0.3 is 0 Å². The summed E-state index contributed by atoms with van der Waals surface area (Å²) in [6.45, 7) is 2.01. The standard InChI is InChI=1S/C18H17ClN6O3/c1-9-6-11-14(22-18(27)17(26)21-11)15(13(9)19)25-12(8-28-2)23-24-16(25)10-4-3-5-20-7-10/h3-7,18,22,27H,8H2,1-2H3,(H,21,26). The minimum atomic E-state index is -1.41. The number of halogens is 1. The Balaban J connectivity index is 2.02. The van der Waals surface area contributed by atoms with Gasteiger partial charge in [-0.2, -0.15) is 0 Å². The third-order valence-electron chi connectivity index (χ3n) is 4.36. The minimum absolute atomic E-state index is 0.182. The molecule has 144 valence electrons. The molecule has 0 spiro atoms. The molecule has 3 heterocycles. The number of amides is 1. The second kappa shape index (κ2) is 7.19. The number of pyridine rings is 1. The van der Waals surface area contributed by atoms with Crippen molar-refractivity contribution in [3.8, 4) is 17.1 Å². The Morgan fingerprint density at radius 2 is 2.21 bits per heavy atom. The summed E-state index contributed by atoms with van der Waals surface area (Å²) in [5, 5.41) is 24.5. The van der Waals surface area contributed by atoms with Crippen LogP contribution in [-0.2, 0) is 16.1 Å². The molecule has 1 aliphatic heterocycles. The maximum atomic E-state index is 11.9. The van der Waals surface area contributed by atoms with E-state index in [1.807, 2.05) is 13.0 Å². The molecule has 10 heteroatoms. The van der Waals surface area contributed by atoms with E-state index in [9.17, 15) is 9.90 Å². The molecule has 1 aromatic carbocycles. The normalized spacial score (nSPS) is 15.7. The van der Waals surface area contributed by atoms with Crippen molar-refractivity contribution in [3.05, 3.63) is 47.0 Å². The van der Waals surface area contributed by atoms with Gasteiger partial charge in [0.2, 0.25) is 6.23 Å². The van der Waals surface area contributed by atoms with Crippen molar-refractivity contribution in [1.29, 1.82) is 0 Å². The number of hydrogen-bond donors (Lipinski definition) is 3. The first-order chi connectivity index (χ1) is 13.5. The number of carbonyl (C=O) groups excluding carboxylic acids is 1. The molecule has 28 heavy (non-hydrogen) atoms. The van der Waals surface area contributed by atoms with Gasteiger partial charge in [0.15, 0.2) is 11.6 Å². The van der Waals surface area contributed by atoms with Gasteiger partial charge in [-0.1, -0.05) is 11.6 Å². The highest BCUT2D eigenvalue weighted by Crippen LogP contribution is 2.42. The number of rotatable bonds is 4. The number of anilines is 2. The van der Waals surface area contributed by atoms with Gasteiger partial charge < -0.3 is 20.5 Å². The molecule has 2 aromatic heterocycles. The maximum Gasteiger partial charge on any atom is 0.274 e. The van der Waals surface area contributed by atoms with E-state index in [1.165, 1.54) is 0 Å². The number of ether oxygens (including phenoxy) is 1. The summed E-state index contributed by atoms with van der Waals surface area (Å²) >= 11 is 6.67. The first-order valence-electron chi connectivity index (χ1n) is 8.43. The summed E-state index contributed by atoms with van der Waals surface area (Å²) in [4.78, 5) is 16.0. The molecular weight excluding hydrogens is 384 g/mol. The van der Waals surface area contributed by atoms with E-state index in [2.05, 4.69) is 25.8 Å². The zero-order valence-electron chi connectivity index (χ0n) is 15.1. The fourth-order valence-corrected chi connectivity index (χ4v) is 3.32. The Labute approximate surface area is 165 Å².